The molecular formula is C24H23N3O2. The highest BCUT2D eigenvalue weighted by atomic mass is 16.5. The first-order valence-electron chi connectivity index (χ1n) is 9.66. The number of carbonyl (C=O) groups excluding carboxylic acids is 1. The number of nitrogens with zero attached hydrogens (tertiary/aromatic N) is 2. The molecule has 0 spiro atoms. The molecule has 5 nitrogen and oxygen atoms in total. The maximum absolute atomic E-state index is 12.4. The molecular weight excluding hydrogens is 362 g/mol. The lowest BCUT2D eigenvalue weighted by Gasteiger charge is -2.09. The zero-order valence-electron chi connectivity index (χ0n) is 16.3. The third-order valence-corrected chi connectivity index (χ3v) is 4.71. The molecule has 0 aliphatic heterocycles. The van der Waals surface area contributed by atoms with Gasteiger partial charge in [-0.3, -0.25) is 9.48 Å². The van der Waals surface area contributed by atoms with Crippen LogP contribution < -0.4 is 10.1 Å². The Kier molecular flexibility index (Phi) is 5.56. The monoisotopic (exact) mass is 385 g/mol. The van der Waals surface area contributed by atoms with Crippen molar-refractivity contribution in [3.63, 3.8) is 0 Å². The van der Waals surface area contributed by atoms with Gasteiger partial charge in [-0.05, 0) is 48.9 Å². The van der Waals surface area contributed by atoms with E-state index in [0.29, 0.717) is 19.6 Å². The highest BCUT2D eigenvalue weighted by Crippen LogP contribution is 2.17. The van der Waals surface area contributed by atoms with E-state index in [1.54, 1.807) is 0 Å². The van der Waals surface area contributed by atoms with Crippen molar-refractivity contribution in [2.75, 3.05) is 5.32 Å². The zero-order valence-corrected chi connectivity index (χ0v) is 16.3. The normalized spacial score (nSPS) is 10.8. The highest BCUT2D eigenvalue weighted by molar-refractivity contribution is 5.90. The summed E-state index contributed by atoms with van der Waals surface area (Å²) in [5, 5.41) is 8.46. The average Bonchev–Trinajstić information content (AvgIpc) is 3.14. The van der Waals surface area contributed by atoms with Gasteiger partial charge in [-0.15, -0.1) is 0 Å². The van der Waals surface area contributed by atoms with Crippen LogP contribution in [0.2, 0.25) is 0 Å². The fourth-order valence-electron chi connectivity index (χ4n) is 3.24. The lowest BCUT2D eigenvalue weighted by Crippen LogP contribution is -2.15. The summed E-state index contributed by atoms with van der Waals surface area (Å²) in [6, 6.07) is 23.6. The minimum absolute atomic E-state index is 0.0399. The summed E-state index contributed by atoms with van der Waals surface area (Å²) in [6.07, 6.45) is 2.20. The van der Waals surface area contributed by atoms with Crippen LogP contribution in [0.3, 0.4) is 0 Å². The summed E-state index contributed by atoms with van der Waals surface area (Å²) in [4.78, 5) is 12.4. The van der Waals surface area contributed by atoms with Crippen LogP contribution in [0.4, 0.5) is 5.69 Å². The highest BCUT2D eigenvalue weighted by Gasteiger charge is 2.07. The van der Waals surface area contributed by atoms with E-state index in [-0.39, 0.29) is 5.91 Å². The Morgan fingerprint density at radius 3 is 2.76 bits per heavy atom. The molecule has 3 aromatic carbocycles. The van der Waals surface area contributed by atoms with E-state index < -0.39 is 0 Å². The van der Waals surface area contributed by atoms with Crippen molar-refractivity contribution in [2.24, 2.45) is 0 Å². The Morgan fingerprint density at radius 1 is 1.03 bits per heavy atom. The molecule has 1 N–H and O–H groups in total. The number of rotatable bonds is 7. The van der Waals surface area contributed by atoms with Crippen LogP contribution in [0.25, 0.3) is 10.9 Å². The Balaban J connectivity index is 1.33. The fourth-order valence-corrected chi connectivity index (χ4v) is 3.24. The van der Waals surface area contributed by atoms with E-state index in [1.165, 1.54) is 5.56 Å². The van der Waals surface area contributed by atoms with Gasteiger partial charge >= 0.3 is 0 Å². The number of anilines is 1. The molecule has 0 saturated heterocycles. The Morgan fingerprint density at radius 2 is 1.90 bits per heavy atom. The number of nitrogens with one attached hydrogen (secondary N) is 1. The van der Waals surface area contributed by atoms with Crippen molar-refractivity contribution >= 4 is 22.5 Å². The zero-order chi connectivity index (χ0) is 20.1. The Hall–Kier alpha value is -3.60. The number of amides is 1. The quantitative estimate of drug-likeness (QED) is 0.490. The van der Waals surface area contributed by atoms with E-state index in [2.05, 4.69) is 29.5 Å². The van der Waals surface area contributed by atoms with E-state index >= 15 is 0 Å². The maximum atomic E-state index is 12.4. The molecule has 1 amide bonds. The lowest BCUT2D eigenvalue weighted by atomic mass is 10.2. The van der Waals surface area contributed by atoms with Gasteiger partial charge in [-0.2, -0.15) is 5.10 Å². The molecule has 4 aromatic rings. The van der Waals surface area contributed by atoms with Crippen molar-refractivity contribution in [3.8, 4) is 5.75 Å². The van der Waals surface area contributed by atoms with Crippen molar-refractivity contribution < 1.29 is 9.53 Å². The van der Waals surface area contributed by atoms with E-state index in [1.807, 2.05) is 71.5 Å². The van der Waals surface area contributed by atoms with E-state index in [9.17, 15) is 4.79 Å². The number of benzene rings is 3. The third-order valence-electron chi connectivity index (χ3n) is 4.71. The molecule has 0 atom stereocenters. The molecule has 0 unspecified atom stereocenters. The summed E-state index contributed by atoms with van der Waals surface area (Å²) in [7, 11) is 0. The van der Waals surface area contributed by atoms with Gasteiger partial charge in [0.05, 0.1) is 18.3 Å². The molecule has 0 fully saturated rings. The maximum Gasteiger partial charge on any atom is 0.226 e. The van der Waals surface area contributed by atoms with Gasteiger partial charge in [0.2, 0.25) is 5.91 Å². The Bertz CT molecular complexity index is 1120. The van der Waals surface area contributed by atoms with Gasteiger partial charge in [0.1, 0.15) is 12.4 Å². The summed E-state index contributed by atoms with van der Waals surface area (Å²) in [5.74, 6) is 0.783. The van der Waals surface area contributed by atoms with Crippen molar-refractivity contribution in [1.29, 1.82) is 0 Å². The molecule has 29 heavy (non-hydrogen) atoms. The molecule has 4 rings (SSSR count). The first-order valence-corrected chi connectivity index (χ1v) is 9.66. The molecule has 5 heteroatoms. The number of fused-ring (bicyclic) bond motifs is 1. The fraction of sp³-hybridized carbons (Fsp3) is 0.167. The van der Waals surface area contributed by atoms with Crippen molar-refractivity contribution in [2.45, 2.75) is 26.5 Å². The summed E-state index contributed by atoms with van der Waals surface area (Å²) in [5.41, 5.74) is 4.01. The number of hydrogen-bond donors (Lipinski definition) is 1. The second kappa shape index (κ2) is 8.61. The van der Waals surface area contributed by atoms with Gasteiger partial charge in [-0.25, -0.2) is 0 Å². The predicted molar refractivity (Wildman–Crippen MR) is 115 cm³/mol. The largest absolute Gasteiger partial charge is 0.489 e. The smallest absolute Gasteiger partial charge is 0.226 e. The SMILES string of the molecule is Cc1ccc2c(cnn2CCC(=O)Nc2cccc(COc3ccccc3)c2)c1. The van der Waals surface area contributed by atoms with Crippen LogP contribution in [-0.4, -0.2) is 15.7 Å². The molecule has 0 saturated carbocycles. The second-order valence-corrected chi connectivity index (χ2v) is 7.03. The molecule has 1 heterocycles. The number of hydrogen-bond acceptors (Lipinski definition) is 3. The van der Waals surface area contributed by atoms with Crippen molar-refractivity contribution in [3.05, 3.63) is 90.1 Å². The minimum atomic E-state index is -0.0399. The summed E-state index contributed by atoms with van der Waals surface area (Å²) in [6.45, 7) is 3.05. The van der Waals surface area contributed by atoms with E-state index in [0.717, 1.165) is 27.9 Å². The van der Waals surface area contributed by atoms with Gasteiger partial charge in [-0.1, -0.05) is 42.0 Å². The summed E-state index contributed by atoms with van der Waals surface area (Å²) < 4.78 is 7.65. The van der Waals surface area contributed by atoms with Gasteiger partial charge in [0.15, 0.2) is 0 Å². The van der Waals surface area contributed by atoms with Crippen LogP contribution in [0, 0.1) is 6.92 Å². The molecule has 146 valence electrons. The van der Waals surface area contributed by atoms with Crippen LogP contribution in [0.15, 0.2) is 79.0 Å². The number of carbonyl (C=O) groups is 1. The molecule has 1 aromatic heterocycles. The van der Waals surface area contributed by atoms with E-state index in [4.69, 9.17) is 4.74 Å². The average molecular weight is 385 g/mol. The van der Waals surface area contributed by atoms with Gasteiger partial charge in [0.25, 0.3) is 0 Å². The summed E-state index contributed by atoms with van der Waals surface area (Å²) >= 11 is 0. The molecule has 0 radical (unpaired) electrons. The number of aryl methyl sites for hydroxylation is 2. The first-order chi connectivity index (χ1) is 14.2. The molecule has 0 bridgehead atoms. The third kappa shape index (κ3) is 4.82. The van der Waals surface area contributed by atoms with Crippen LogP contribution in [-0.2, 0) is 17.9 Å². The van der Waals surface area contributed by atoms with Crippen LogP contribution in [0.1, 0.15) is 17.5 Å². The van der Waals surface area contributed by atoms with Crippen molar-refractivity contribution in [1.82, 2.24) is 9.78 Å². The first kappa shape index (κ1) is 18.7. The Labute approximate surface area is 169 Å². The topological polar surface area (TPSA) is 56.2 Å². The standard InChI is InChI=1S/C24H23N3O2/c1-18-10-11-23-20(14-18)16-25-27(23)13-12-24(28)26-21-7-5-6-19(15-21)17-29-22-8-3-2-4-9-22/h2-11,14-16H,12-13,17H2,1H3,(H,26,28). The lowest BCUT2D eigenvalue weighted by molar-refractivity contribution is -0.116. The molecule has 0 aliphatic carbocycles. The van der Waals surface area contributed by atoms with Crippen LogP contribution >= 0.6 is 0 Å². The number of aromatic nitrogens is 2. The minimum Gasteiger partial charge on any atom is -0.489 e. The predicted octanol–water partition coefficient (Wildman–Crippen LogP) is 4.95. The van der Waals surface area contributed by atoms with Gasteiger partial charge < -0.3 is 10.1 Å². The van der Waals surface area contributed by atoms with Gasteiger partial charge in [0, 0.05) is 17.5 Å². The van der Waals surface area contributed by atoms with Crippen LogP contribution in [0.5, 0.6) is 5.75 Å². The molecule has 0 aliphatic rings. The number of para-hydroxylation sites is 1. The second-order valence-electron chi connectivity index (χ2n) is 7.03. The number of ether oxygens (including phenoxy) is 1.